The van der Waals surface area contributed by atoms with E-state index in [1.165, 1.54) is 18.5 Å². The number of benzene rings is 1. The van der Waals surface area contributed by atoms with E-state index in [1.54, 1.807) is 10.7 Å². The molecule has 2 saturated heterocycles. The fourth-order valence-electron chi connectivity index (χ4n) is 4.35. The van der Waals surface area contributed by atoms with Gasteiger partial charge in [-0.05, 0) is 41.5 Å². The first kappa shape index (κ1) is 21.5. The van der Waals surface area contributed by atoms with Crippen LogP contribution in [0.25, 0.3) is 0 Å². The number of alkyl halides is 3. The molecule has 168 valence electrons. The van der Waals surface area contributed by atoms with Crippen molar-refractivity contribution >= 4 is 11.6 Å². The van der Waals surface area contributed by atoms with Crippen LogP contribution in [-0.4, -0.2) is 81.2 Å². The van der Waals surface area contributed by atoms with Gasteiger partial charge in [-0.2, -0.15) is 13.2 Å². The predicted octanol–water partition coefficient (Wildman–Crippen LogP) is 1.90. The number of aromatic nitrogens is 4. The van der Waals surface area contributed by atoms with Crippen molar-refractivity contribution in [3.8, 4) is 0 Å². The zero-order valence-electron chi connectivity index (χ0n) is 17.2. The summed E-state index contributed by atoms with van der Waals surface area (Å²) in [4.78, 5) is 18.9. The number of hydrogen-bond acceptors (Lipinski definition) is 6. The molecule has 2 aliphatic heterocycles. The number of tetrazole rings is 1. The summed E-state index contributed by atoms with van der Waals surface area (Å²) in [5.41, 5.74) is -0.00642. The Labute approximate surface area is 178 Å². The van der Waals surface area contributed by atoms with Gasteiger partial charge in [-0.25, -0.2) is 4.68 Å². The van der Waals surface area contributed by atoms with E-state index in [2.05, 4.69) is 20.4 Å². The van der Waals surface area contributed by atoms with Crippen molar-refractivity contribution < 1.29 is 18.0 Å². The molecule has 2 aliphatic rings. The molecule has 4 rings (SSSR count). The second kappa shape index (κ2) is 9.21. The Balaban J connectivity index is 1.29. The Morgan fingerprint density at radius 1 is 1.13 bits per heavy atom. The van der Waals surface area contributed by atoms with Crippen molar-refractivity contribution in [2.24, 2.45) is 0 Å². The highest BCUT2D eigenvalue weighted by molar-refractivity contribution is 5.76. The van der Waals surface area contributed by atoms with Gasteiger partial charge in [0.25, 0.3) is 0 Å². The van der Waals surface area contributed by atoms with Gasteiger partial charge in [0.15, 0.2) is 0 Å². The number of hydrogen-bond donors (Lipinski definition) is 0. The lowest BCUT2D eigenvalue weighted by molar-refractivity contribution is -0.137. The van der Waals surface area contributed by atoms with Gasteiger partial charge in [0.1, 0.15) is 6.33 Å². The number of anilines is 1. The molecule has 1 aromatic heterocycles. The van der Waals surface area contributed by atoms with E-state index >= 15 is 0 Å². The average Bonchev–Trinajstić information content (AvgIpc) is 3.31. The minimum absolute atomic E-state index is 0.0998. The summed E-state index contributed by atoms with van der Waals surface area (Å²) < 4.78 is 40.6. The van der Waals surface area contributed by atoms with Gasteiger partial charge in [0, 0.05) is 57.4 Å². The number of piperidine rings is 1. The molecule has 0 saturated carbocycles. The Hall–Kier alpha value is -2.69. The Morgan fingerprint density at radius 2 is 1.94 bits per heavy atom. The van der Waals surface area contributed by atoms with Crippen LogP contribution in [0.15, 0.2) is 30.6 Å². The quantitative estimate of drug-likeness (QED) is 0.712. The van der Waals surface area contributed by atoms with Gasteiger partial charge in [-0.3, -0.25) is 9.69 Å². The number of amides is 1. The van der Waals surface area contributed by atoms with Crippen LogP contribution in [0.4, 0.5) is 18.9 Å². The topological polar surface area (TPSA) is 70.4 Å². The summed E-state index contributed by atoms with van der Waals surface area (Å²) in [6, 6.07) is 5.81. The highest BCUT2D eigenvalue weighted by Crippen LogP contribution is 2.32. The maximum Gasteiger partial charge on any atom is 0.416 e. The van der Waals surface area contributed by atoms with Crippen molar-refractivity contribution in [3.63, 3.8) is 0 Å². The van der Waals surface area contributed by atoms with E-state index in [-0.39, 0.29) is 11.9 Å². The van der Waals surface area contributed by atoms with Gasteiger partial charge in [0.2, 0.25) is 5.91 Å². The summed E-state index contributed by atoms with van der Waals surface area (Å²) >= 11 is 0. The third-order valence-corrected chi connectivity index (χ3v) is 6.06. The van der Waals surface area contributed by atoms with Crippen LogP contribution in [0.2, 0.25) is 0 Å². The minimum atomic E-state index is -4.33. The van der Waals surface area contributed by atoms with Gasteiger partial charge in [-0.15, -0.1) is 5.10 Å². The number of piperazine rings is 1. The molecule has 0 N–H and O–H groups in total. The molecule has 0 bridgehead atoms. The SMILES string of the molecule is O=C(CCn1cnnn1)N1CCCC(N2CCN(c3cccc(C(F)(F)F)c3)CC2)C1. The monoisotopic (exact) mass is 437 g/mol. The van der Waals surface area contributed by atoms with Crippen LogP contribution in [-0.2, 0) is 17.5 Å². The molecule has 0 aliphatic carbocycles. The second-order valence-corrected chi connectivity index (χ2v) is 8.03. The first-order valence-corrected chi connectivity index (χ1v) is 10.5. The normalized spacial score (nSPS) is 20.8. The van der Waals surface area contributed by atoms with Gasteiger partial charge < -0.3 is 9.80 Å². The second-order valence-electron chi connectivity index (χ2n) is 8.03. The fourth-order valence-corrected chi connectivity index (χ4v) is 4.35. The van der Waals surface area contributed by atoms with E-state index < -0.39 is 11.7 Å². The molecule has 3 heterocycles. The fraction of sp³-hybridized carbons (Fsp3) is 0.600. The molecule has 0 radical (unpaired) electrons. The first-order valence-electron chi connectivity index (χ1n) is 10.5. The minimum Gasteiger partial charge on any atom is -0.369 e. The molecule has 2 aromatic rings. The molecule has 1 amide bonds. The van der Waals surface area contributed by atoms with Crippen molar-refractivity contribution in [1.29, 1.82) is 0 Å². The number of rotatable bonds is 5. The molecule has 11 heteroatoms. The highest BCUT2D eigenvalue weighted by Gasteiger charge is 2.32. The molecule has 1 unspecified atom stereocenters. The van der Waals surface area contributed by atoms with E-state index in [9.17, 15) is 18.0 Å². The van der Waals surface area contributed by atoms with E-state index in [0.29, 0.717) is 38.3 Å². The van der Waals surface area contributed by atoms with Crippen LogP contribution < -0.4 is 4.90 Å². The molecule has 1 atom stereocenters. The number of likely N-dealkylation sites (tertiary alicyclic amines) is 1. The van der Waals surface area contributed by atoms with Crippen molar-refractivity contribution in [2.75, 3.05) is 44.2 Å². The summed E-state index contributed by atoms with van der Waals surface area (Å²) in [5, 5.41) is 10.9. The summed E-state index contributed by atoms with van der Waals surface area (Å²) in [5.74, 6) is 0.0998. The Bertz CT molecular complexity index is 866. The van der Waals surface area contributed by atoms with Crippen molar-refractivity contribution in [2.45, 2.75) is 38.0 Å². The van der Waals surface area contributed by atoms with Gasteiger partial charge >= 0.3 is 6.18 Å². The van der Waals surface area contributed by atoms with Gasteiger partial charge in [0.05, 0.1) is 12.1 Å². The molecule has 31 heavy (non-hydrogen) atoms. The number of aryl methyl sites for hydroxylation is 1. The van der Waals surface area contributed by atoms with E-state index in [1.807, 2.05) is 9.80 Å². The summed E-state index contributed by atoms with van der Waals surface area (Å²) in [6.45, 7) is 4.80. The van der Waals surface area contributed by atoms with Crippen LogP contribution in [0.1, 0.15) is 24.8 Å². The Morgan fingerprint density at radius 3 is 2.65 bits per heavy atom. The zero-order chi connectivity index (χ0) is 21.8. The van der Waals surface area contributed by atoms with E-state index in [4.69, 9.17) is 0 Å². The number of carbonyl (C=O) groups is 1. The predicted molar refractivity (Wildman–Crippen MR) is 107 cm³/mol. The first-order chi connectivity index (χ1) is 14.9. The summed E-state index contributed by atoms with van der Waals surface area (Å²) in [7, 11) is 0. The van der Waals surface area contributed by atoms with Crippen LogP contribution >= 0.6 is 0 Å². The standard InChI is InChI=1S/C20H26F3N7O/c21-20(22,23)16-3-1-4-17(13-16)27-9-11-28(12-10-27)18-5-2-7-29(14-18)19(31)6-8-30-15-24-25-26-30/h1,3-4,13,15,18H,2,5-12,14H2. The third-order valence-electron chi connectivity index (χ3n) is 6.06. The maximum atomic E-state index is 13.0. The van der Waals surface area contributed by atoms with Crippen LogP contribution in [0, 0.1) is 0 Å². The largest absolute Gasteiger partial charge is 0.416 e. The molecule has 0 spiro atoms. The third kappa shape index (κ3) is 5.33. The molecule has 1 aromatic carbocycles. The van der Waals surface area contributed by atoms with Crippen LogP contribution in [0.5, 0.6) is 0 Å². The lowest BCUT2D eigenvalue weighted by Gasteiger charge is -2.44. The number of halogens is 3. The lowest BCUT2D eigenvalue weighted by atomic mass is 10.0. The lowest BCUT2D eigenvalue weighted by Crippen LogP contribution is -2.56. The molecule has 2 fully saturated rings. The highest BCUT2D eigenvalue weighted by atomic mass is 19.4. The average molecular weight is 437 g/mol. The van der Waals surface area contributed by atoms with Crippen molar-refractivity contribution in [3.05, 3.63) is 36.2 Å². The van der Waals surface area contributed by atoms with Gasteiger partial charge in [-0.1, -0.05) is 6.07 Å². The van der Waals surface area contributed by atoms with Crippen LogP contribution in [0.3, 0.4) is 0 Å². The molecule has 8 nitrogen and oxygen atoms in total. The zero-order valence-corrected chi connectivity index (χ0v) is 17.2. The smallest absolute Gasteiger partial charge is 0.369 e. The van der Waals surface area contributed by atoms with E-state index in [0.717, 1.165) is 38.5 Å². The van der Waals surface area contributed by atoms with Crippen molar-refractivity contribution in [1.82, 2.24) is 30.0 Å². The molecular formula is C20H26F3N7O. The Kier molecular flexibility index (Phi) is 6.40. The number of carbonyl (C=O) groups excluding carboxylic acids is 1. The number of nitrogens with zero attached hydrogens (tertiary/aromatic N) is 7. The summed E-state index contributed by atoms with van der Waals surface area (Å²) in [6.07, 6.45) is -0.493. The molecular weight excluding hydrogens is 411 g/mol. The maximum absolute atomic E-state index is 13.0.